The number of piperazine rings is 1. The van der Waals surface area contributed by atoms with Crippen molar-refractivity contribution in [2.24, 2.45) is 13.0 Å². The summed E-state index contributed by atoms with van der Waals surface area (Å²) in [6.45, 7) is 9.01. The Morgan fingerprint density at radius 1 is 1.59 bits per heavy atom. The third-order valence-corrected chi connectivity index (χ3v) is 3.95. The molecule has 1 N–H and O–H groups in total. The van der Waals surface area contributed by atoms with Crippen molar-refractivity contribution in [1.29, 1.82) is 0 Å². The molecule has 1 aromatic rings. The van der Waals surface area contributed by atoms with Gasteiger partial charge >= 0.3 is 0 Å². The van der Waals surface area contributed by atoms with Gasteiger partial charge in [0.05, 0.1) is 11.9 Å². The zero-order chi connectivity index (χ0) is 12.4. The fourth-order valence-electron chi connectivity index (χ4n) is 2.47. The molecule has 2 heterocycles. The largest absolute Gasteiger partial charge is 0.363 e. The summed E-state index contributed by atoms with van der Waals surface area (Å²) in [5.74, 6) is 0.724. The highest BCUT2D eigenvalue weighted by Gasteiger charge is 2.28. The quantitative estimate of drug-likeness (QED) is 0.866. The van der Waals surface area contributed by atoms with Crippen LogP contribution in [0, 0.1) is 5.92 Å². The van der Waals surface area contributed by atoms with E-state index in [0.29, 0.717) is 12.1 Å². The van der Waals surface area contributed by atoms with Crippen LogP contribution in [-0.2, 0) is 7.05 Å². The minimum atomic E-state index is 0.541. The number of aryl methyl sites for hydroxylation is 1. The standard InChI is InChI=1S/C13H24N4/c1-5-10(2)13-9-17(11(3)6-14-13)12-7-15-16(4)8-12/h7-8,10-11,13-14H,5-6,9H2,1-4H3. The van der Waals surface area contributed by atoms with Crippen LogP contribution in [0.2, 0.25) is 0 Å². The van der Waals surface area contributed by atoms with Gasteiger partial charge in [0.1, 0.15) is 0 Å². The van der Waals surface area contributed by atoms with E-state index < -0.39 is 0 Å². The summed E-state index contributed by atoms with van der Waals surface area (Å²) >= 11 is 0. The molecule has 1 aliphatic rings. The predicted molar refractivity (Wildman–Crippen MR) is 71.3 cm³/mol. The van der Waals surface area contributed by atoms with Crippen molar-refractivity contribution >= 4 is 5.69 Å². The van der Waals surface area contributed by atoms with E-state index in [2.05, 4.69) is 42.3 Å². The number of hydrogen-bond donors (Lipinski definition) is 1. The van der Waals surface area contributed by atoms with E-state index in [1.807, 2.05) is 17.9 Å². The molecule has 0 amide bonds. The molecule has 17 heavy (non-hydrogen) atoms. The van der Waals surface area contributed by atoms with Crippen LogP contribution in [-0.4, -0.2) is 35.0 Å². The smallest absolute Gasteiger partial charge is 0.0755 e. The normalized spacial score (nSPS) is 27.2. The Labute approximate surface area is 104 Å². The molecular weight excluding hydrogens is 212 g/mol. The molecule has 1 fully saturated rings. The van der Waals surface area contributed by atoms with Gasteiger partial charge in [0.2, 0.25) is 0 Å². The fourth-order valence-corrected chi connectivity index (χ4v) is 2.47. The lowest BCUT2D eigenvalue weighted by Gasteiger charge is -2.41. The van der Waals surface area contributed by atoms with Gasteiger partial charge in [-0.15, -0.1) is 0 Å². The maximum absolute atomic E-state index is 4.27. The molecule has 1 aliphatic heterocycles. The molecule has 0 aromatic carbocycles. The second kappa shape index (κ2) is 5.08. The van der Waals surface area contributed by atoms with Gasteiger partial charge in [-0.3, -0.25) is 4.68 Å². The highest BCUT2D eigenvalue weighted by Crippen LogP contribution is 2.21. The van der Waals surface area contributed by atoms with Crippen molar-refractivity contribution in [2.75, 3.05) is 18.0 Å². The summed E-state index contributed by atoms with van der Waals surface area (Å²) in [6.07, 6.45) is 5.30. The Morgan fingerprint density at radius 2 is 2.35 bits per heavy atom. The number of hydrogen-bond acceptors (Lipinski definition) is 3. The maximum Gasteiger partial charge on any atom is 0.0755 e. The van der Waals surface area contributed by atoms with E-state index in [4.69, 9.17) is 0 Å². The van der Waals surface area contributed by atoms with Crippen molar-refractivity contribution in [2.45, 2.75) is 39.3 Å². The van der Waals surface area contributed by atoms with Crippen LogP contribution in [0.15, 0.2) is 12.4 Å². The molecule has 3 unspecified atom stereocenters. The third-order valence-electron chi connectivity index (χ3n) is 3.95. The molecule has 3 atom stereocenters. The van der Waals surface area contributed by atoms with Gasteiger partial charge in [-0.2, -0.15) is 5.10 Å². The average Bonchev–Trinajstić information content (AvgIpc) is 2.75. The van der Waals surface area contributed by atoms with E-state index in [9.17, 15) is 0 Å². The topological polar surface area (TPSA) is 33.1 Å². The number of nitrogens with zero attached hydrogens (tertiary/aromatic N) is 3. The zero-order valence-corrected chi connectivity index (χ0v) is 11.3. The Kier molecular flexibility index (Phi) is 3.72. The lowest BCUT2D eigenvalue weighted by atomic mass is 9.95. The summed E-state index contributed by atoms with van der Waals surface area (Å²) < 4.78 is 1.88. The average molecular weight is 236 g/mol. The van der Waals surface area contributed by atoms with Crippen molar-refractivity contribution < 1.29 is 0 Å². The van der Waals surface area contributed by atoms with E-state index in [1.54, 1.807) is 0 Å². The van der Waals surface area contributed by atoms with Crippen molar-refractivity contribution in [1.82, 2.24) is 15.1 Å². The van der Waals surface area contributed by atoms with Crippen molar-refractivity contribution in [3.8, 4) is 0 Å². The van der Waals surface area contributed by atoms with Crippen LogP contribution in [0.4, 0.5) is 5.69 Å². The van der Waals surface area contributed by atoms with Gasteiger partial charge in [0.25, 0.3) is 0 Å². The molecule has 0 spiro atoms. The molecule has 1 saturated heterocycles. The van der Waals surface area contributed by atoms with Crippen LogP contribution in [0.3, 0.4) is 0 Å². The van der Waals surface area contributed by atoms with Crippen LogP contribution < -0.4 is 10.2 Å². The number of aromatic nitrogens is 2. The molecule has 2 rings (SSSR count). The Balaban J connectivity index is 2.09. The first-order valence-corrected chi connectivity index (χ1v) is 6.60. The van der Waals surface area contributed by atoms with Crippen LogP contribution in [0.5, 0.6) is 0 Å². The van der Waals surface area contributed by atoms with Gasteiger partial charge in [-0.1, -0.05) is 20.3 Å². The highest BCUT2D eigenvalue weighted by molar-refractivity contribution is 5.44. The molecular formula is C13H24N4. The van der Waals surface area contributed by atoms with Crippen LogP contribution >= 0.6 is 0 Å². The summed E-state index contributed by atoms with van der Waals surface area (Å²) in [6, 6.07) is 1.14. The number of nitrogens with one attached hydrogen (secondary N) is 1. The van der Waals surface area contributed by atoms with E-state index in [0.717, 1.165) is 19.0 Å². The van der Waals surface area contributed by atoms with Gasteiger partial charge in [-0.05, 0) is 12.8 Å². The minimum absolute atomic E-state index is 0.541. The van der Waals surface area contributed by atoms with E-state index >= 15 is 0 Å². The molecule has 96 valence electrons. The first-order chi connectivity index (χ1) is 8.11. The zero-order valence-electron chi connectivity index (χ0n) is 11.3. The fraction of sp³-hybridized carbons (Fsp3) is 0.769. The second-order valence-electron chi connectivity index (χ2n) is 5.27. The Morgan fingerprint density at radius 3 is 2.94 bits per heavy atom. The van der Waals surface area contributed by atoms with Crippen molar-refractivity contribution in [3.05, 3.63) is 12.4 Å². The van der Waals surface area contributed by atoms with E-state index in [1.165, 1.54) is 12.1 Å². The van der Waals surface area contributed by atoms with Gasteiger partial charge in [0, 0.05) is 38.4 Å². The van der Waals surface area contributed by atoms with Crippen molar-refractivity contribution in [3.63, 3.8) is 0 Å². The van der Waals surface area contributed by atoms with Gasteiger partial charge < -0.3 is 10.2 Å². The highest BCUT2D eigenvalue weighted by atomic mass is 15.3. The van der Waals surface area contributed by atoms with Crippen LogP contribution in [0.25, 0.3) is 0 Å². The first kappa shape index (κ1) is 12.4. The molecule has 0 radical (unpaired) electrons. The molecule has 1 aromatic heterocycles. The molecule has 0 bridgehead atoms. The summed E-state index contributed by atoms with van der Waals surface area (Å²) in [5.41, 5.74) is 1.25. The first-order valence-electron chi connectivity index (χ1n) is 6.60. The molecule has 4 heteroatoms. The summed E-state index contributed by atoms with van der Waals surface area (Å²) in [7, 11) is 1.97. The lowest BCUT2D eigenvalue weighted by Crippen LogP contribution is -2.57. The SMILES string of the molecule is CCC(C)C1CN(c2cnn(C)c2)C(C)CN1. The predicted octanol–water partition coefficient (Wildman–Crippen LogP) is 1.63. The summed E-state index contributed by atoms with van der Waals surface area (Å²) in [5, 5.41) is 7.93. The number of rotatable bonds is 3. The number of anilines is 1. The van der Waals surface area contributed by atoms with E-state index in [-0.39, 0.29) is 0 Å². The van der Waals surface area contributed by atoms with Crippen LogP contribution in [0.1, 0.15) is 27.2 Å². The van der Waals surface area contributed by atoms with Gasteiger partial charge in [-0.25, -0.2) is 0 Å². The maximum atomic E-state index is 4.27. The summed E-state index contributed by atoms with van der Waals surface area (Å²) in [4.78, 5) is 2.47. The van der Waals surface area contributed by atoms with Gasteiger partial charge in [0.15, 0.2) is 0 Å². The third kappa shape index (κ3) is 2.63. The Hall–Kier alpha value is -1.03. The Bertz CT molecular complexity index is 360. The molecule has 0 saturated carbocycles. The second-order valence-corrected chi connectivity index (χ2v) is 5.27. The monoisotopic (exact) mass is 236 g/mol. The molecule has 4 nitrogen and oxygen atoms in total. The molecule has 0 aliphatic carbocycles. The lowest BCUT2D eigenvalue weighted by molar-refractivity contribution is 0.316. The minimum Gasteiger partial charge on any atom is -0.363 e.